The van der Waals surface area contributed by atoms with E-state index in [-0.39, 0.29) is 50.1 Å². The molecule has 2 aliphatic heterocycles. The number of rotatable bonds is 11. The molecule has 2 unspecified atom stereocenters. The first-order chi connectivity index (χ1) is 15.0. The largest absolute Gasteiger partial charge is 0.379 e. The topological polar surface area (TPSA) is 151 Å². The van der Waals surface area contributed by atoms with E-state index in [2.05, 4.69) is 15.3 Å². The summed E-state index contributed by atoms with van der Waals surface area (Å²) >= 11 is 0. The van der Waals surface area contributed by atoms with Crippen molar-refractivity contribution in [2.75, 3.05) is 38.7 Å². The number of nitrogens with zero attached hydrogens (tertiary/aromatic N) is 4. The fourth-order valence-corrected chi connectivity index (χ4v) is 4.66. The molecule has 0 bridgehead atoms. The lowest BCUT2D eigenvalue weighted by Gasteiger charge is -2.29. The van der Waals surface area contributed by atoms with Gasteiger partial charge in [-0.05, 0) is 24.1 Å². The minimum absolute atomic E-state index is 0.182. The Labute approximate surface area is 181 Å². The van der Waals surface area contributed by atoms with Crippen LogP contribution in [0.3, 0.4) is 0 Å². The van der Waals surface area contributed by atoms with Gasteiger partial charge in [0, 0.05) is 40.4 Å². The van der Waals surface area contributed by atoms with Gasteiger partial charge in [0.05, 0.1) is 43.0 Å². The highest BCUT2D eigenvalue weighted by atomic mass is 32.2. The van der Waals surface area contributed by atoms with Gasteiger partial charge < -0.3 is 14.4 Å². The number of nitrogens with one attached hydrogen (secondary N) is 1. The van der Waals surface area contributed by atoms with E-state index in [9.17, 15) is 18.6 Å². The number of piperidine rings is 1. The highest BCUT2D eigenvalue weighted by Crippen LogP contribution is 2.31. The van der Waals surface area contributed by atoms with Crippen molar-refractivity contribution in [2.45, 2.75) is 30.3 Å². The number of amides is 3. The van der Waals surface area contributed by atoms with Crippen LogP contribution in [-0.4, -0.2) is 71.6 Å². The summed E-state index contributed by atoms with van der Waals surface area (Å²) in [6.45, 7) is 1.66. The first kappa shape index (κ1) is 22.9. The summed E-state index contributed by atoms with van der Waals surface area (Å²) in [5, 5.41) is 5.62. The molecule has 3 amide bonds. The number of fused-ring (bicyclic) bond motifs is 1. The fourth-order valence-electron chi connectivity index (χ4n) is 3.49. The van der Waals surface area contributed by atoms with Crippen LogP contribution in [0.5, 0.6) is 0 Å². The molecule has 0 aliphatic carbocycles. The number of imide groups is 1. The monoisotopic (exact) mass is 449 g/mol. The van der Waals surface area contributed by atoms with E-state index < -0.39 is 22.7 Å². The van der Waals surface area contributed by atoms with Gasteiger partial charge in [-0.3, -0.25) is 23.9 Å². The van der Waals surface area contributed by atoms with Gasteiger partial charge in [0.2, 0.25) is 11.8 Å². The van der Waals surface area contributed by atoms with Crippen LogP contribution in [-0.2, 0) is 36.4 Å². The molecule has 0 radical (unpaired) electrons. The molecule has 1 fully saturated rings. The Morgan fingerprint density at radius 1 is 1.19 bits per heavy atom. The highest BCUT2D eigenvalue weighted by molar-refractivity contribution is 7.85. The van der Waals surface area contributed by atoms with Crippen molar-refractivity contribution in [1.82, 2.24) is 10.2 Å². The normalized spacial score (nSPS) is 19.0. The molecular weight excluding hydrogens is 426 g/mol. The van der Waals surface area contributed by atoms with E-state index in [1.807, 2.05) is 0 Å². The van der Waals surface area contributed by atoms with Crippen molar-refractivity contribution in [3.63, 3.8) is 0 Å². The third kappa shape index (κ3) is 5.67. The molecule has 2 atom stereocenters. The summed E-state index contributed by atoms with van der Waals surface area (Å²) in [5.74, 6) is -0.859. The maximum Gasteiger partial charge on any atom is 0.255 e. The van der Waals surface area contributed by atoms with E-state index >= 15 is 0 Å². The lowest BCUT2D eigenvalue weighted by molar-refractivity contribution is -0.136. The lowest BCUT2D eigenvalue weighted by atomic mass is 10.0. The summed E-state index contributed by atoms with van der Waals surface area (Å²) in [6.07, 6.45) is 0.462. The summed E-state index contributed by atoms with van der Waals surface area (Å²) < 4.78 is 23.5. The Morgan fingerprint density at radius 3 is 2.71 bits per heavy atom. The summed E-state index contributed by atoms with van der Waals surface area (Å²) in [7, 11) is -1.38. The minimum atomic E-state index is -1.38. The van der Waals surface area contributed by atoms with E-state index in [0.29, 0.717) is 35.8 Å². The average molecular weight is 449 g/mol. The number of ether oxygens (including phenoxy) is 2. The Balaban J connectivity index is 1.53. The molecule has 1 aromatic carbocycles. The molecule has 0 aromatic heterocycles. The van der Waals surface area contributed by atoms with Crippen molar-refractivity contribution in [3.05, 3.63) is 39.8 Å². The van der Waals surface area contributed by atoms with Crippen molar-refractivity contribution < 1.29 is 28.1 Å². The molecule has 2 aliphatic rings. The second-order valence-electron chi connectivity index (χ2n) is 6.91. The van der Waals surface area contributed by atoms with E-state index in [0.717, 1.165) is 0 Å². The third-order valence-corrected chi connectivity index (χ3v) is 6.38. The molecule has 1 N–H and O–H groups in total. The van der Waals surface area contributed by atoms with E-state index in [1.165, 1.54) is 4.90 Å². The molecule has 0 spiro atoms. The molecule has 166 valence electrons. The van der Waals surface area contributed by atoms with Crippen LogP contribution in [0.15, 0.2) is 28.2 Å². The van der Waals surface area contributed by atoms with Crippen LogP contribution in [0.4, 0.5) is 0 Å². The smallest absolute Gasteiger partial charge is 0.255 e. The van der Waals surface area contributed by atoms with Gasteiger partial charge in [-0.2, -0.15) is 0 Å². The van der Waals surface area contributed by atoms with Crippen LogP contribution >= 0.6 is 0 Å². The number of carbonyl (C=O) groups is 3. The van der Waals surface area contributed by atoms with Crippen LogP contribution < -0.4 is 5.32 Å². The first-order valence-corrected chi connectivity index (χ1v) is 11.2. The van der Waals surface area contributed by atoms with Crippen molar-refractivity contribution in [1.29, 1.82) is 0 Å². The Kier molecular flexibility index (Phi) is 8.13. The molecule has 1 saturated heterocycles. The standard InChI is InChI=1S/C19H23N5O6S/c20-23-21-6-7-29-8-9-30-10-11-31(28)16-3-1-2-13-14(16)12-24(19(13)27)15-4-5-17(25)22-18(15)26/h1-3,15H,4-12H2,(H,22,25,26). The van der Waals surface area contributed by atoms with E-state index in [1.54, 1.807) is 18.2 Å². The van der Waals surface area contributed by atoms with Gasteiger partial charge in [0.25, 0.3) is 5.91 Å². The van der Waals surface area contributed by atoms with Crippen LogP contribution in [0.25, 0.3) is 10.4 Å². The Hall–Kier alpha value is -2.79. The molecular formula is C19H23N5O6S. The van der Waals surface area contributed by atoms with Crippen LogP contribution in [0.1, 0.15) is 28.8 Å². The molecule has 3 rings (SSSR count). The summed E-state index contributed by atoms with van der Waals surface area (Å²) in [5.41, 5.74) is 9.24. The average Bonchev–Trinajstić information content (AvgIpc) is 3.09. The zero-order valence-electron chi connectivity index (χ0n) is 16.8. The summed E-state index contributed by atoms with van der Waals surface area (Å²) in [4.78, 5) is 41.0. The van der Waals surface area contributed by atoms with Gasteiger partial charge >= 0.3 is 0 Å². The fraction of sp³-hybridized carbons (Fsp3) is 0.526. The molecule has 0 saturated carbocycles. The van der Waals surface area contributed by atoms with Gasteiger partial charge in [-0.1, -0.05) is 11.2 Å². The van der Waals surface area contributed by atoms with Gasteiger partial charge in [0.1, 0.15) is 6.04 Å². The SMILES string of the molecule is [N-]=[N+]=NCCOCCOCCS(=O)c1cccc2c1CN(C1CCC(=O)NC1=O)C2=O. The zero-order valence-corrected chi connectivity index (χ0v) is 17.6. The van der Waals surface area contributed by atoms with Crippen molar-refractivity contribution in [2.24, 2.45) is 5.11 Å². The number of carbonyl (C=O) groups excluding carboxylic acids is 3. The van der Waals surface area contributed by atoms with Crippen LogP contribution in [0.2, 0.25) is 0 Å². The first-order valence-electron chi connectivity index (χ1n) is 9.84. The lowest BCUT2D eigenvalue weighted by Crippen LogP contribution is -2.52. The number of hydrogen-bond donors (Lipinski definition) is 1. The number of benzene rings is 1. The summed E-state index contributed by atoms with van der Waals surface area (Å²) in [6, 6.07) is 4.35. The molecule has 2 heterocycles. The van der Waals surface area contributed by atoms with Gasteiger partial charge in [0.15, 0.2) is 0 Å². The Morgan fingerprint density at radius 2 is 1.97 bits per heavy atom. The highest BCUT2D eigenvalue weighted by Gasteiger charge is 2.40. The number of azide groups is 1. The van der Waals surface area contributed by atoms with Gasteiger partial charge in [-0.25, -0.2) is 0 Å². The minimum Gasteiger partial charge on any atom is -0.379 e. The second-order valence-corrected chi connectivity index (χ2v) is 8.45. The maximum absolute atomic E-state index is 12.8. The predicted molar refractivity (Wildman–Crippen MR) is 109 cm³/mol. The molecule has 1 aromatic rings. The third-order valence-electron chi connectivity index (χ3n) is 4.97. The molecule has 31 heavy (non-hydrogen) atoms. The zero-order chi connectivity index (χ0) is 22.2. The molecule has 11 nitrogen and oxygen atoms in total. The van der Waals surface area contributed by atoms with E-state index in [4.69, 9.17) is 15.0 Å². The maximum atomic E-state index is 12.8. The number of hydrogen-bond acceptors (Lipinski definition) is 7. The second kappa shape index (κ2) is 11.0. The Bertz CT molecular complexity index is 932. The van der Waals surface area contributed by atoms with Crippen molar-refractivity contribution in [3.8, 4) is 0 Å². The predicted octanol–water partition coefficient (Wildman–Crippen LogP) is 0.899. The quantitative estimate of drug-likeness (QED) is 0.174. The van der Waals surface area contributed by atoms with Crippen molar-refractivity contribution >= 4 is 28.5 Å². The molecule has 12 heteroatoms. The van der Waals surface area contributed by atoms with Crippen LogP contribution in [0, 0.1) is 0 Å². The van der Waals surface area contributed by atoms with Gasteiger partial charge in [-0.15, -0.1) is 0 Å².